The lowest BCUT2D eigenvalue weighted by atomic mass is 10.1. The number of esters is 1. The molecular weight excluding hydrogens is 344 g/mol. The highest BCUT2D eigenvalue weighted by atomic mass is 16.5. The summed E-state index contributed by atoms with van der Waals surface area (Å²) in [6.07, 6.45) is 0.319. The van der Waals surface area contributed by atoms with Gasteiger partial charge >= 0.3 is 5.97 Å². The van der Waals surface area contributed by atoms with Crippen molar-refractivity contribution in [1.82, 2.24) is 4.90 Å². The summed E-state index contributed by atoms with van der Waals surface area (Å²) in [6, 6.07) is 14.7. The fourth-order valence-electron chi connectivity index (χ4n) is 3.01. The monoisotopic (exact) mass is 368 g/mol. The first kappa shape index (κ1) is 18.8. The van der Waals surface area contributed by atoms with Crippen LogP contribution in [0.3, 0.4) is 0 Å². The first-order chi connectivity index (χ1) is 13.1. The van der Waals surface area contributed by atoms with E-state index < -0.39 is 0 Å². The van der Waals surface area contributed by atoms with Gasteiger partial charge in [0, 0.05) is 43.9 Å². The molecule has 1 heterocycles. The van der Waals surface area contributed by atoms with Gasteiger partial charge < -0.3 is 19.3 Å². The Hall–Kier alpha value is -3.02. The molecule has 3 rings (SSSR count). The maximum Gasteiger partial charge on any atom is 0.310 e. The lowest BCUT2D eigenvalue weighted by Crippen LogP contribution is -2.48. The number of hydrogen-bond acceptors (Lipinski definition) is 5. The van der Waals surface area contributed by atoms with Gasteiger partial charge in [0.25, 0.3) is 5.91 Å². The Morgan fingerprint density at radius 3 is 2.04 bits per heavy atom. The topological polar surface area (TPSA) is 59.1 Å². The van der Waals surface area contributed by atoms with Crippen molar-refractivity contribution in [3.05, 3.63) is 54.1 Å². The van der Waals surface area contributed by atoms with Crippen molar-refractivity contribution >= 4 is 17.6 Å². The molecule has 6 nitrogen and oxygen atoms in total. The Bertz CT molecular complexity index is 779. The highest BCUT2D eigenvalue weighted by Gasteiger charge is 2.22. The van der Waals surface area contributed by atoms with Crippen LogP contribution in [-0.4, -0.2) is 50.1 Å². The summed E-state index contributed by atoms with van der Waals surface area (Å²) in [5.41, 5.74) is 1.73. The standard InChI is InChI=1S/C21H24N2O4/c1-3-20(24)27-19-8-4-16(5-9-19)21(25)23-14-12-22(13-15-23)17-6-10-18(26-2)11-7-17/h4-11H,3,12-15H2,1-2H3. The molecule has 1 aliphatic rings. The minimum Gasteiger partial charge on any atom is -0.497 e. The van der Waals surface area contributed by atoms with Gasteiger partial charge in [-0.05, 0) is 48.5 Å². The third-order valence-corrected chi connectivity index (χ3v) is 4.63. The van der Waals surface area contributed by atoms with Crippen molar-refractivity contribution in [2.45, 2.75) is 13.3 Å². The number of anilines is 1. The minimum absolute atomic E-state index is 0.00208. The fraction of sp³-hybridized carbons (Fsp3) is 0.333. The normalized spacial score (nSPS) is 14.0. The van der Waals surface area contributed by atoms with E-state index in [1.807, 2.05) is 29.2 Å². The van der Waals surface area contributed by atoms with E-state index in [4.69, 9.17) is 9.47 Å². The number of carbonyl (C=O) groups excluding carboxylic acids is 2. The van der Waals surface area contributed by atoms with Gasteiger partial charge in [-0.15, -0.1) is 0 Å². The molecule has 142 valence electrons. The Morgan fingerprint density at radius 2 is 1.48 bits per heavy atom. The predicted molar refractivity (Wildman–Crippen MR) is 103 cm³/mol. The molecule has 1 amide bonds. The Labute approximate surface area is 159 Å². The maximum atomic E-state index is 12.7. The molecule has 1 aliphatic heterocycles. The Kier molecular flexibility index (Phi) is 5.96. The van der Waals surface area contributed by atoms with E-state index >= 15 is 0 Å². The molecule has 6 heteroatoms. The molecule has 2 aromatic carbocycles. The molecule has 0 bridgehead atoms. The molecule has 1 saturated heterocycles. The lowest BCUT2D eigenvalue weighted by molar-refractivity contribution is -0.134. The van der Waals surface area contributed by atoms with Gasteiger partial charge in [0.2, 0.25) is 0 Å². The van der Waals surface area contributed by atoms with Crippen LogP contribution in [-0.2, 0) is 4.79 Å². The number of methoxy groups -OCH3 is 1. The summed E-state index contributed by atoms with van der Waals surface area (Å²) in [6.45, 7) is 4.63. The molecule has 0 aliphatic carbocycles. The van der Waals surface area contributed by atoms with E-state index in [2.05, 4.69) is 4.90 Å². The van der Waals surface area contributed by atoms with E-state index in [0.29, 0.717) is 30.8 Å². The van der Waals surface area contributed by atoms with Crippen molar-refractivity contribution in [3.8, 4) is 11.5 Å². The van der Waals surface area contributed by atoms with Crippen LogP contribution in [0.25, 0.3) is 0 Å². The highest BCUT2D eigenvalue weighted by molar-refractivity contribution is 5.94. The SMILES string of the molecule is CCC(=O)Oc1ccc(C(=O)N2CCN(c3ccc(OC)cc3)CC2)cc1. The molecule has 2 aromatic rings. The van der Waals surface area contributed by atoms with Crippen molar-refractivity contribution in [2.75, 3.05) is 38.2 Å². The van der Waals surface area contributed by atoms with Gasteiger partial charge in [0.05, 0.1) is 7.11 Å². The zero-order valence-corrected chi connectivity index (χ0v) is 15.7. The fourth-order valence-corrected chi connectivity index (χ4v) is 3.01. The minimum atomic E-state index is -0.288. The second-order valence-corrected chi connectivity index (χ2v) is 6.33. The molecule has 0 atom stereocenters. The highest BCUT2D eigenvalue weighted by Crippen LogP contribution is 2.21. The zero-order chi connectivity index (χ0) is 19.2. The summed E-state index contributed by atoms with van der Waals surface area (Å²) >= 11 is 0. The van der Waals surface area contributed by atoms with Crippen molar-refractivity contribution in [1.29, 1.82) is 0 Å². The molecule has 0 spiro atoms. The maximum absolute atomic E-state index is 12.7. The second kappa shape index (κ2) is 8.58. The third-order valence-electron chi connectivity index (χ3n) is 4.63. The van der Waals surface area contributed by atoms with Crippen LogP contribution in [0.1, 0.15) is 23.7 Å². The van der Waals surface area contributed by atoms with E-state index in [1.165, 1.54) is 0 Å². The van der Waals surface area contributed by atoms with Crippen LogP contribution in [0.2, 0.25) is 0 Å². The number of piperazine rings is 1. The van der Waals surface area contributed by atoms with Crippen LogP contribution < -0.4 is 14.4 Å². The number of rotatable bonds is 5. The molecule has 0 aromatic heterocycles. The number of amides is 1. The molecule has 27 heavy (non-hydrogen) atoms. The van der Waals surface area contributed by atoms with Crippen LogP contribution in [0.15, 0.2) is 48.5 Å². The Balaban J connectivity index is 1.57. The first-order valence-corrected chi connectivity index (χ1v) is 9.09. The van der Waals surface area contributed by atoms with Crippen LogP contribution >= 0.6 is 0 Å². The van der Waals surface area contributed by atoms with Gasteiger partial charge in [0.1, 0.15) is 11.5 Å². The molecule has 1 fully saturated rings. The van der Waals surface area contributed by atoms with E-state index in [1.54, 1.807) is 38.3 Å². The zero-order valence-electron chi connectivity index (χ0n) is 15.7. The van der Waals surface area contributed by atoms with Crippen LogP contribution in [0.4, 0.5) is 5.69 Å². The predicted octanol–water partition coefficient (Wildman–Crippen LogP) is 2.97. The summed E-state index contributed by atoms with van der Waals surface area (Å²) in [4.78, 5) is 28.1. The Morgan fingerprint density at radius 1 is 0.889 bits per heavy atom. The van der Waals surface area contributed by atoms with Crippen molar-refractivity contribution in [2.24, 2.45) is 0 Å². The van der Waals surface area contributed by atoms with Gasteiger partial charge in [-0.2, -0.15) is 0 Å². The lowest BCUT2D eigenvalue weighted by Gasteiger charge is -2.36. The quantitative estimate of drug-likeness (QED) is 0.600. The smallest absolute Gasteiger partial charge is 0.310 e. The summed E-state index contributed by atoms with van der Waals surface area (Å²) < 4.78 is 10.3. The van der Waals surface area contributed by atoms with Gasteiger partial charge in [-0.1, -0.05) is 6.92 Å². The second-order valence-electron chi connectivity index (χ2n) is 6.33. The van der Waals surface area contributed by atoms with Crippen molar-refractivity contribution < 1.29 is 19.1 Å². The van der Waals surface area contributed by atoms with E-state index in [0.717, 1.165) is 24.5 Å². The molecule has 0 radical (unpaired) electrons. The number of hydrogen-bond donors (Lipinski definition) is 0. The van der Waals surface area contributed by atoms with Gasteiger partial charge in [0.15, 0.2) is 0 Å². The summed E-state index contributed by atoms with van der Waals surface area (Å²) in [5, 5.41) is 0. The first-order valence-electron chi connectivity index (χ1n) is 9.09. The molecular formula is C21H24N2O4. The van der Waals surface area contributed by atoms with Crippen LogP contribution in [0.5, 0.6) is 11.5 Å². The number of carbonyl (C=O) groups is 2. The van der Waals surface area contributed by atoms with Gasteiger partial charge in [-0.25, -0.2) is 0 Å². The summed E-state index contributed by atoms with van der Waals surface area (Å²) in [7, 11) is 1.65. The summed E-state index contributed by atoms with van der Waals surface area (Å²) in [5.74, 6) is 1.00. The van der Waals surface area contributed by atoms with Crippen molar-refractivity contribution in [3.63, 3.8) is 0 Å². The average Bonchev–Trinajstić information content (AvgIpc) is 2.74. The molecule has 0 saturated carbocycles. The number of ether oxygens (including phenoxy) is 2. The van der Waals surface area contributed by atoms with E-state index in [9.17, 15) is 9.59 Å². The average molecular weight is 368 g/mol. The largest absolute Gasteiger partial charge is 0.497 e. The molecule has 0 N–H and O–H groups in total. The third kappa shape index (κ3) is 4.58. The number of benzene rings is 2. The van der Waals surface area contributed by atoms with Gasteiger partial charge in [-0.3, -0.25) is 9.59 Å². The number of nitrogens with zero attached hydrogens (tertiary/aromatic N) is 2. The molecule has 0 unspecified atom stereocenters. The van der Waals surface area contributed by atoms with E-state index in [-0.39, 0.29) is 11.9 Å². The van der Waals surface area contributed by atoms with Crippen LogP contribution in [0, 0.1) is 0 Å².